The zero-order chi connectivity index (χ0) is 15.1. The molecule has 1 aliphatic rings. The minimum Gasteiger partial charge on any atom is -0.307 e. The van der Waals surface area contributed by atoms with E-state index in [2.05, 4.69) is 50.4 Å². The van der Waals surface area contributed by atoms with E-state index in [1.807, 2.05) is 0 Å². The van der Waals surface area contributed by atoms with Gasteiger partial charge in [0.2, 0.25) is 0 Å². The Morgan fingerprint density at radius 3 is 2.33 bits per heavy atom. The average Bonchev–Trinajstić information content (AvgIpc) is 2.54. The second kappa shape index (κ2) is 8.58. The molecule has 1 aromatic carbocycles. The largest absolute Gasteiger partial charge is 0.307 e. The van der Waals surface area contributed by atoms with Crippen LogP contribution in [-0.2, 0) is 6.42 Å². The number of nitrogens with one attached hydrogen (secondary N) is 1. The molecule has 0 amide bonds. The lowest BCUT2D eigenvalue weighted by Gasteiger charge is -2.31. The lowest BCUT2D eigenvalue weighted by Crippen LogP contribution is -2.36. The number of hydrogen-bond donors (Lipinski definition) is 1. The molecule has 0 saturated heterocycles. The molecule has 0 aromatic heterocycles. The third-order valence-corrected chi connectivity index (χ3v) is 5.17. The summed E-state index contributed by atoms with van der Waals surface area (Å²) in [5, 5.41) is 3.83. The van der Waals surface area contributed by atoms with Crippen LogP contribution in [0.2, 0.25) is 0 Å². The fraction of sp³-hybridized carbons (Fsp3) is 0.700. The molecule has 1 saturated carbocycles. The molecular weight excluding hydrogens is 254 g/mol. The summed E-state index contributed by atoms with van der Waals surface area (Å²) in [5.74, 6) is 0.880. The van der Waals surface area contributed by atoms with Crippen LogP contribution >= 0.6 is 0 Å². The minimum absolute atomic E-state index is 0.460. The number of aryl methyl sites for hydroxylation is 1. The number of benzene rings is 1. The molecule has 118 valence electrons. The van der Waals surface area contributed by atoms with Gasteiger partial charge in [-0.05, 0) is 56.6 Å². The minimum atomic E-state index is 0.460. The summed E-state index contributed by atoms with van der Waals surface area (Å²) in [4.78, 5) is 0. The molecule has 0 bridgehead atoms. The van der Waals surface area contributed by atoms with Crippen LogP contribution in [0.4, 0.5) is 0 Å². The smallest absolute Gasteiger partial charge is 0.0294 e. The molecule has 0 heterocycles. The van der Waals surface area contributed by atoms with E-state index < -0.39 is 0 Å². The van der Waals surface area contributed by atoms with Crippen LogP contribution in [0.15, 0.2) is 24.3 Å². The van der Waals surface area contributed by atoms with Crippen LogP contribution in [0.1, 0.15) is 82.9 Å². The van der Waals surface area contributed by atoms with E-state index >= 15 is 0 Å². The van der Waals surface area contributed by atoms with Gasteiger partial charge in [-0.2, -0.15) is 0 Å². The van der Waals surface area contributed by atoms with E-state index in [1.165, 1.54) is 62.5 Å². The van der Waals surface area contributed by atoms with Crippen LogP contribution < -0.4 is 5.32 Å². The maximum absolute atomic E-state index is 3.83. The Morgan fingerprint density at radius 1 is 1.05 bits per heavy atom. The molecule has 21 heavy (non-hydrogen) atoms. The van der Waals surface area contributed by atoms with Crippen molar-refractivity contribution >= 4 is 0 Å². The van der Waals surface area contributed by atoms with Gasteiger partial charge in [-0.1, -0.05) is 56.9 Å². The topological polar surface area (TPSA) is 12.0 Å². The van der Waals surface area contributed by atoms with Crippen LogP contribution in [-0.4, -0.2) is 6.04 Å². The molecule has 1 heteroatoms. The van der Waals surface area contributed by atoms with Crippen LogP contribution in [0, 0.1) is 5.92 Å². The maximum Gasteiger partial charge on any atom is 0.0294 e. The second-order valence-corrected chi connectivity index (χ2v) is 6.92. The molecule has 2 rings (SSSR count). The van der Waals surface area contributed by atoms with Gasteiger partial charge >= 0.3 is 0 Å². The lowest BCUT2D eigenvalue weighted by atomic mass is 9.84. The Hall–Kier alpha value is -0.820. The third kappa shape index (κ3) is 5.14. The van der Waals surface area contributed by atoms with Gasteiger partial charge < -0.3 is 5.32 Å². The Balaban J connectivity index is 1.85. The van der Waals surface area contributed by atoms with E-state index in [9.17, 15) is 0 Å². The summed E-state index contributed by atoms with van der Waals surface area (Å²) < 4.78 is 0. The second-order valence-electron chi connectivity index (χ2n) is 6.92. The quantitative estimate of drug-likeness (QED) is 0.683. The molecule has 1 aliphatic carbocycles. The fourth-order valence-electron chi connectivity index (χ4n) is 3.61. The maximum atomic E-state index is 3.83. The van der Waals surface area contributed by atoms with Gasteiger partial charge in [0, 0.05) is 12.1 Å². The molecular formula is C20H33N. The van der Waals surface area contributed by atoms with Gasteiger partial charge in [-0.3, -0.25) is 0 Å². The van der Waals surface area contributed by atoms with Crippen LogP contribution in [0.3, 0.4) is 0 Å². The van der Waals surface area contributed by atoms with E-state index in [-0.39, 0.29) is 0 Å². The molecule has 2 atom stereocenters. The summed E-state index contributed by atoms with van der Waals surface area (Å²) >= 11 is 0. The number of unbranched alkanes of at least 4 members (excludes halogenated alkanes) is 1. The van der Waals surface area contributed by atoms with Crippen molar-refractivity contribution in [1.29, 1.82) is 0 Å². The molecule has 0 aliphatic heterocycles. The Morgan fingerprint density at radius 2 is 1.71 bits per heavy atom. The predicted molar refractivity (Wildman–Crippen MR) is 92.6 cm³/mol. The SMILES string of the molecule is CCCCc1ccc(C(C)NC(C)C2CCCCC2)cc1. The van der Waals surface area contributed by atoms with Gasteiger partial charge in [0.1, 0.15) is 0 Å². The van der Waals surface area contributed by atoms with E-state index in [0.29, 0.717) is 12.1 Å². The summed E-state index contributed by atoms with van der Waals surface area (Å²) in [7, 11) is 0. The first kappa shape index (κ1) is 16.5. The monoisotopic (exact) mass is 287 g/mol. The molecule has 2 unspecified atom stereocenters. The first-order valence-corrected chi connectivity index (χ1v) is 9.05. The molecule has 0 radical (unpaired) electrons. The van der Waals surface area contributed by atoms with Gasteiger partial charge in [-0.25, -0.2) is 0 Å². The van der Waals surface area contributed by atoms with Crippen molar-refractivity contribution in [3.63, 3.8) is 0 Å². The highest BCUT2D eigenvalue weighted by atomic mass is 14.9. The normalized spacial score (nSPS) is 19.4. The summed E-state index contributed by atoms with van der Waals surface area (Å²) in [6, 6.07) is 10.4. The fourth-order valence-corrected chi connectivity index (χ4v) is 3.61. The first-order chi connectivity index (χ1) is 10.2. The van der Waals surface area contributed by atoms with Gasteiger partial charge in [0.25, 0.3) is 0 Å². The molecule has 1 N–H and O–H groups in total. The highest BCUT2D eigenvalue weighted by Gasteiger charge is 2.21. The summed E-state index contributed by atoms with van der Waals surface area (Å²) in [6.07, 6.45) is 10.9. The van der Waals surface area contributed by atoms with Crippen molar-refractivity contribution in [2.45, 2.75) is 84.2 Å². The van der Waals surface area contributed by atoms with Crippen molar-refractivity contribution < 1.29 is 0 Å². The molecule has 1 aromatic rings. The third-order valence-electron chi connectivity index (χ3n) is 5.17. The van der Waals surface area contributed by atoms with Crippen molar-refractivity contribution in [3.8, 4) is 0 Å². The van der Waals surface area contributed by atoms with Crippen molar-refractivity contribution in [3.05, 3.63) is 35.4 Å². The van der Waals surface area contributed by atoms with E-state index in [4.69, 9.17) is 0 Å². The number of hydrogen-bond acceptors (Lipinski definition) is 1. The van der Waals surface area contributed by atoms with Gasteiger partial charge in [-0.15, -0.1) is 0 Å². The zero-order valence-electron chi connectivity index (χ0n) is 14.2. The Kier molecular flexibility index (Phi) is 6.76. The lowest BCUT2D eigenvalue weighted by molar-refractivity contribution is 0.268. The van der Waals surface area contributed by atoms with E-state index in [1.54, 1.807) is 0 Å². The van der Waals surface area contributed by atoms with Crippen LogP contribution in [0.25, 0.3) is 0 Å². The standard InChI is InChI=1S/C20H33N/c1-4-5-9-18-12-14-20(15-13-18)17(3)21-16(2)19-10-7-6-8-11-19/h12-17,19,21H,4-11H2,1-3H3. The number of rotatable bonds is 7. The van der Waals surface area contributed by atoms with Crippen molar-refractivity contribution in [2.24, 2.45) is 5.92 Å². The zero-order valence-corrected chi connectivity index (χ0v) is 14.2. The molecule has 0 spiro atoms. The Bertz CT molecular complexity index is 389. The predicted octanol–water partition coefficient (Wildman–Crippen LogP) is 5.65. The van der Waals surface area contributed by atoms with E-state index in [0.717, 1.165) is 5.92 Å². The summed E-state index contributed by atoms with van der Waals surface area (Å²) in [6.45, 7) is 6.94. The Labute approximate surface area is 131 Å². The first-order valence-electron chi connectivity index (χ1n) is 9.05. The highest BCUT2D eigenvalue weighted by Crippen LogP contribution is 2.27. The van der Waals surface area contributed by atoms with Gasteiger partial charge in [0.05, 0.1) is 0 Å². The molecule has 1 nitrogen and oxygen atoms in total. The van der Waals surface area contributed by atoms with Crippen molar-refractivity contribution in [1.82, 2.24) is 5.32 Å². The highest BCUT2D eigenvalue weighted by molar-refractivity contribution is 5.25. The van der Waals surface area contributed by atoms with Gasteiger partial charge in [0.15, 0.2) is 0 Å². The summed E-state index contributed by atoms with van der Waals surface area (Å²) in [5.41, 5.74) is 2.91. The van der Waals surface area contributed by atoms with Crippen LogP contribution in [0.5, 0.6) is 0 Å². The average molecular weight is 287 g/mol. The van der Waals surface area contributed by atoms with Crippen molar-refractivity contribution in [2.75, 3.05) is 0 Å². The molecule has 1 fully saturated rings.